The van der Waals surface area contributed by atoms with Crippen molar-refractivity contribution in [1.29, 1.82) is 0 Å². The number of cyclic esters (lactones) is 2. The van der Waals surface area contributed by atoms with Gasteiger partial charge in [0, 0.05) is 63.5 Å². The number of carbonyl (C=O) groups is 2. The number of ether oxygens (including phenoxy) is 1. The molecule has 1 aliphatic rings. The molecule has 0 unspecified atom stereocenters. The number of hydrogen-bond donors (Lipinski definition) is 0. The van der Waals surface area contributed by atoms with E-state index in [2.05, 4.69) is 4.74 Å². The van der Waals surface area contributed by atoms with E-state index in [4.69, 9.17) is 0 Å². The van der Waals surface area contributed by atoms with E-state index in [1.807, 2.05) is 0 Å². The Morgan fingerprint density at radius 3 is 1.62 bits per heavy atom. The Kier molecular flexibility index (Phi) is 3.75. The van der Waals surface area contributed by atoms with Crippen LogP contribution in [0.3, 0.4) is 0 Å². The minimum Gasteiger partial charge on any atom is -0.387 e. The fourth-order valence-corrected chi connectivity index (χ4v) is 0.303. The van der Waals surface area contributed by atoms with Crippen molar-refractivity contribution in [2.75, 3.05) is 0 Å². The largest absolute Gasteiger partial charge is 0.387 e. The van der Waals surface area contributed by atoms with E-state index in [1.165, 1.54) is 0 Å². The normalized spacial score (nSPS) is 15.5. The molecule has 3 nitrogen and oxygen atoms in total. The summed E-state index contributed by atoms with van der Waals surface area (Å²) >= 11 is 0. The average molecular weight is 137 g/mol. The van der Waals surface area contributed by atoms with Gasteiger partial charge in [-0.1, -0.05) is 0 Å². The van der Waals surface area contributed by atoms with Gasteiger partial charge in [-0.3, -0.25) is 0 Å². The maximum absolute atomic E-state index is 9.92. The molecule has 0 bridgehead atoms. The second-order valence-corrected chi connectivity index (χ2v) is 1.07. The van der Waals surface area contributed by atoms with E-state index < -0.39 is 11.9 Å². The molecule has 1 radical (unpaired) electrons. The first-order valence-electron chi connectivity index (χ1n) is 1.73. The molecule has 4 heteroatoms. The van der Waals surface area contributed by atoms with Crippen LogP contribution in [0.2, 0.25) is 0 Å². The monoisotopic (exact) mass is 137 g/mol. The molecule has 8 heavy (non-hydrogen) atoms. The van der Waals surface area contributed by atoms with Gasteiger partial charge in [-0.05, 0) is 0 Å². The van der Waals surface area contributed by atoms with Crippen LogP contribution in [-0.2, 0) is 14.3 Å². The molecule has 0 atom stereocenters. The molecule has 0 N–H and O–H groups in total. The van der Waals surface area contributed by atoms with Crippen molar-refractivity contribution in [3.8, 4) is 0 Å². The van der Waals surface area contributed by atoms with Gasteiger partial charge in [0.2, 0.25) is 0 Å². The Bertz CT molecular complexity index is 133. The third-order valence-electron chi connectivity index (χ3n) is 0.557. The topological polar surface area (TPSA) is 43.4 Å². The standard InChI is InChI=1S/C4H2O3.K/c5-3-1-2-4(6)7-3;/h1-2H;. The van der Waals surface area contributed by atoms with Crippen molar-refractivity contribution in [2.24, 2.45) is 0 Å². The van der Waals surface area contributed by atoms with Gasteiger partial charge in [0.15, 0.2) is 0 Å². The first-order chi connectivity index (χ1) is 3.29. The van der Waals surface area contributed by atoms with Gasteiger partial charge < -0.3 is 4.74 Å². The zero-order chi connectivity index (χ0) is 5.28. The SMILES string of the molecule is O=C1C=CC(=O)O1.[K]. The van der Waals surface area contributed by atoms with Crippen LogP contribution in [0.5, 0.6) is 0 Å². The zero-order valence-electron chi connectivity index (χ0n) is 4.38. The van der Waals surface area contributed by atoms with Crippen molar-refractivity contribution in [3.63, 3.8) is 0 Å². The summed E-state index contributed by atoms with van der Waals surface area (Å²) in [6.45, 7) is 0. The van der Waals surface area contributed by atoms with Gasteiger partial charge >= 0.3 is 11.9 Å². The van der Waals surface area contributed by atoms with E-state index in [1.54, 1.807) is 0 Å². The van der Waals surface area contributed by atoms with Crippen LogP contribution in [0.25, 0.3) is 0 Å². The molecule has 0 fully saturated rings. The fraction of sp³-hybridized carbons (Fsp3) is 0. The quantitative estimate of drug-likeness (QED) is 0.250. The van der Waals surface area contributed by atoms with Gasteiger partial charge in [0.05, 0.1) is 0 Å². The predicted molar refractivity (Wildman–Crippen MR) is 26.0 cm³/mol. The fourth-order valence-electron chi connectivity index (χ4n) is 0.303. The Balaban J connectivity index is 0.000000490. The Hall–Kier alpha value is 0.516. The summed E-state index contributed by atoms with van der Waals surface area (Å²) in [7, 11) is 0. The van der Waals surface area contributed by atoms with E-state index in [0.29, 0.717) is 0 Å². The molecular formula is C4H2KO3. The number of carbonyl (C=O) groups excluding carboxylic acids is 2. The van der Waals surface area contributed by atoms with Crippen LogP contribution in [0, 0.1) is 0 Å². The molecule has 1 heterocycles. The first-order valence-corrected chi connectivity index (χ1v) is 1.73. The van der Waals surface area contributed by atoms with Gasteiger partial charge in [-0.15, -0.1) is 0 Å². The third-order valence-corrected chi connectivity index (χ3v) is 0.557. The van der Waals surface area contributed by atoms with E-state index in [0.717, 1.165) is 12.2 Å². The zero-order valence-corrected chi connectivity index (χ0v) is 7.50. The molecule has 0 spiro atoms. The molecular weight excluding hydrogens is 135 g/mol. The summed E-state index contributed by atoms with van der Waals surface area (Å²) in [5.41, 5.74) is 0. The second kappa shape index (κ2) is 3.52. The average Bonchev–Trinajstić information content (AvgIpc) is 1.87. The summed E-state index contributed by atoms with van der Waals surface area (Å²) in [6, 6.07) is 0. The Morgan fingerprint density at radius 2 is 1.50 bits per heavy atom. The van der Waals surface area contributed by atoms with Crippen LogP contribution in [0.4, 0.5) is 0 Å². The number of hydrogen-bond acceptors (Lipinski definition) is 3. The molecule has 0 aliphatic carbocycles. The molecule has 0 saturated carbocycles. The number of rotatable bonds is 0. The van der Waals surface area contributed by atoms with Crippen molar-refractivity contribution < 1.29 is 14.3 Å². The molecule has 1 aliphatic heterocycles. The van der Waals surface area contributed by atoms with Crippen molar-refractivity contribution in [2.45, 2.75) is 0 Å². The summed E-state index contributed by atoms with van der Waals surface area (Å²) in [6.07, 6.45) is 2.17. The summed E-state index contributed by atoms with van der Waals surface area (Å²) in [5, 5.41) is 0. The van der Waals surface area contributed by atoms with Crippen LogP contribution < -0.4 is 0 Å². The molecule has 0 saturated heterocycles. The minimum atomic E-state index is -0.579. The maximum Gasteiger partial charge on any atom is 0.338 e. The summed E-state index contributed by atoms with van der Waals surface area (Å²) < 4.78 is 3.97. The van der Waals surface area contributed by atoms with Gasteiger partial charge in [-0.2, -0.15) is 0 Å². The summed E-state index contributed by atoms with van der Waals surface area (Å²) in [5.74, 6) is -1.16. The molecule has 0 aromatic heterocycles. The van der Waals surface area contributed by atoms with Crippen LogP contribution in [-0.4, -0.2) is 63.3 Å². The van der Waals surface area contributed by atoms with Crippen LogP contribution >= 0.6 is 0 Å². The van der Waals surface area contributed by atoms with Gasteiger partial charge in [-0.25, -0.2) is 9.59 Å². The molecule has 0 aromatic rings. The maximum atomic E-state index is 9.92. The van der Waals surface area contributed by atoms with E-state index in [-0.39, 0.29) is 51.4 Å². The summed E-state index contributed by atoms with van der Waals surface area (Å²) in [4.78, 5) is 19.8. The minimum absolute atomic E-state index is 0. The van der Waals surface area contributed by atoms with Crippen molar-refractivity contribution in [1.82, 2.24) is 0 Å². The van der Waals surface area contributed by atoms with Crippen LogP contribution in [0.1, 0.15) is 0 Å². The molecule has 37 valence electrons. The third kappa shape index (κ3) is 2.19. The van der Waals surface area contributed by atoms with Crippen molar-refractivity contribution >= 4 is 63.3 Å². The Morgan fingerprint density at radius 1 is 1.12 bits per heavy atom. The Labute approximate surface area is 88.5 Å². The van der Waals surface area contributed by atoms with Crippen LogP contribution in [0.15, 0.2) is 12.2 Å². The predicted octanol–water partition coefficient (Wildman–Crippen LogP) is -0.755. The van der Waals surface area contributed by atoms with Crippen molar-refractivity contribution in [3.05, 3.63) is 12.2 Å². The van der Waals surface area contributed by atoms with E-state index in [9.17, 15) is 9.59 Å². The van der Waals surface area contributed by atoms with Gasteiger partial charge in [0.1, 0.15) is 0 Å². The molecule has 0 aromatic carbocycles. The number of esters is 2. The molecule has 0 amide bonds. The second-order valence-electron chi connectivity index (χ2n) is 1.07. The smallest absolute Gasteiger partial charge is 0.338 e. The molecule has 1 rings (SSSR count). The van der Waals surface area contributed by atoms with E-state index >= 15 is 0 Å². The van der Waals surface area contributed by atoms with Gasteiger partial charge in [0.25, 0.3) is 0 Å². The first kappa shape index (κ1) is 8.52.